The first kappa shape index (κ1) is 29.9. The fraction of sp³-hybridized carbons (Fsp3) is 0.387. The molecule has 1 aliphatic rings. The van der Waals surface area contributed by atoms with Gasteiger partial charge in [-0.1, -0.05) is 74.8 Å². The van der Waals surface area contributed by atoms with Crippen molar-refractivity contribution < 1.29 is 24.2 Å². The van der Waals surface area contributed by atoms with Crippen LogP contribution in [-0.4, -0.2) is 53.6 Å². The third-order valence-corrected chi connectivity index (χ3v) is 7.64. The van der Waals surface area contributed by atoms with Crippen LogP contribution in [0.3, 0.4) is 0 Å². The number of benzene rings is 3. The zero-order chi connectivity index (χ0) is 29.0. The number of halogens is 1. The van der Waals surface area contributed by atoms with E-state index in [9.17, 15) is 19.5 Å². The highest BCUT2D eigenvalue weighted by Crippen LogP contribution is 2.42. The average Bonchev–Trinajstić information content (AvgIpc) is 3.00. The molecule has 1 heterocycles. The molecule has 9 heteroatoms. The molecule has 3 atom stereocenters. The molecule has 3 aromatic rings. The normalized spacial score (nSPS) is 18.2. The van der Waals surface area contributed by atoms with Crippen LogP contribution < -0.4 is 10.2 Å². The Morgan fingerprint density at radius 1 is 1.10 bits per heavy atom. The van der Waals surface area contributed by atoms with Crippen LogP contribution >= 0.6 is 23.4 Å². The number of aliphatic carboxylic acids is 1. The predicted molar refractivity (Wildman–Crippen MR) is 161 cm³/mol. The highest BCUT2D eigenvalue weighted by molar-refractivity contribution is 7.98. The Labute approximate surface area is 244 Å². The van der Waals surface area contributed by atoms with Crippen molar-refractivity contribution in [3.05, 3.63) is 76.8 Å². The number of amides is 2. The summed E-state index contributed by atoms with van der Waals surface area (Å²) in [4.78, 5) is 40.7. The van der Waals surface area contributed by atoms with Gasteiger partial charge in [0.05, 0.1) is 6.42 Å². The van der Waals surface area contributed by atoms with Gasteiger partial charge in [-0.3, -0.25) is 9.59 Å². The van der Waals surface area contributed by atoms with Gasteiger partial charge in [0.15, 0.2) is 0 Å². The van der Waals surface area contributed by atoms with Gasteiger partial charge in [0, 0.05) is 22.8 Å². The zero-order valence-corrected chi connectivity index (χ0v) is 24.7. The molecule has 0 bridgehead atoms. The van der Waals surface area contributed by atoms with Gasteiger partial charge in [0.1, 0.15) is 18.2 Å². The molecule has 4 rings (SSSR count). The van der Waals surface area contributed by atoms with Crippen LogP contribution in [0.2, 0.25) is 5.02 Å². The predicted octanol–water partition coefficient (Wildman–Crippen LogP) is 6.07. The minimum atomic E-state index is -1.15. The summed E-state index contributed by atoms with van der Waals surface area (Å²) >= 11 is 7.99. The lowest BCUT2D eigenvalue weighted by atomic mass is 9.93. The van der Waals surface area contributed by atoms with E-state index >= 15 is 0 Å². The van der Waals surface area contributed by atoms with Gasteiger partial charge < -0.3 is 20.1 Å². The summed E-state index contributed by atoms with van der Waals surface area (Å²) in [6, 6.07) is 18.2. The standard InChI is InChI=1S/C31H35ClN2O5S/c1-31(2,3)18-34-25-13-12-20(32)16-23(25)28(22-11-7-9-19-8-5-6-10-21(19)22)39-26(29(34)36)17-27(35)33-24(30(37)38)14-15-40-4/h5-13,16,24,26,28H,14-15,17-18H2,1-4H3,(H,33,35)(H,37,38)/t24-,26?,28?/m0/s1. The van der Waals surface area contributed by atoms with Gasteiger partial charge in [-0.2, -0.15) is 11.8 Å². The molecule has 0 fully saturated rings. The van der Waals surface area contributed by atoms with Gasteiger partial charge in [-0.15, -0.1) is 0 Å². The van der Waals surface area contributed by atoms with Crippen molar-refractivity contribution in [1.29, 1.82) is 0 Å². The fourth-order valence-corrected chi connectivity index (χ4v) is 5.63. The van der Waals surface area contributed by atoms with Crippen LogP contribution in [0.1, 0.15) is 50.8 Å². The molecule has 1 aliphatic heterocycles. The number of nitrogens with zero attached hydrogens (tertiary/aromatic N) is 1. The van der Waals surface area contributed by atoms with E-state index in [4.69, 9.17) is 16.3 Å². The van der Waals surface area contributed by atoms with E-state index in [1.54, 1.807) is 11.0 Å². The summed E-state index contributed by atoms with van der Waals surface area (Å²) in [5.41, 5.74) is 1.99. The molecule has 0 aromatic heterocycles. The number of carbonyl (C=O) groups is 3. The Morgan fingerprint density at radius 3 is 2.52 bits per heavy atom. The van der Waals surface area contributed by atoms with Crippen molar-refractivity contribution in [2.24, 2.45) is 5.41 Å². The van der Waals surface area contributed by atoms with Crippen molar-refractivity contribution in [3.63, 3.8) is 0 Å². The number of carboxylic acid groups (broad SMARTS) is 1. The maximum atomic E-state index is 14.1. The lowest BCUT2D eigenvalue weighted by molar-refractivity contribution is -0.143. The minimum Gasteiger partial charge on any atom is -0.480 e. The number of carbonyl (C=O) groups excluding carboxylic acids is 2. The number of carboxylic acids is 1. The molecule has 3 aromatic carbocycles. The third-order valence-electron chi connectivity index (χ3n) is 6.76. The first-order chi connectivity index (χ1) is 19.0. The third kappa shape index (κ3) is 6.97. The van der Waals surface area contributed by atoms with Crippen LogP contribution in [0.25, 0.3) is 10.8 Å². The number of fused-ring (bicyclic) bond motifs is 2. The van der Waals surface area contributed by atoms with Crippen LogP contribution in [0.5, 0.6) is 0 Å². The largest absolute Gasteiger partial charge is 0.480 e. The van der Waals surface area contributed by atoms with Crippen LogP contribution in [0.4, 0.5) is 5.69 Å². The van der Waals surface area contributed by atoms with E-state index < -0.39 is 30.1 Å². The van der Waals surface area contributed by atoms with Crippen molar-refractivity contribution in [2.45, 2.75) is 51.9 Å². The number of anilines is 1. The summed E-state index contributed by atoms with van der Waals surface area (Å²) in [5, 5.41) is 14.7. The Balaban J connectivity index is 1.80. The second-order valence-corrected chi connectivity index (χ2v) is 12.6. The Bertz CT molecular complexity index is 1400. The number of rotatable bonds is 9. The molecular formula is C31H35ClN2O5S. The van der Waals surface area contributed by atoms with Gasteiger partial charge in [-0.05, 0) is 58.4 Å². The SMILES string of the molecule is CSCC[C@H](NC(=O)CC1OC(c2cccc3ccccc23)c2cc(Cl)ccc2N(CC(C)(C)C)C1=O)C(=O)O. The average molecular weight is 583 g/mol. The number of ether oxygens (including phenoxy) is 1. The lowest BCUT2D eigenvalue weighted by Gasteiger charge is -2.31. The molecule has 2 N–H and O–H groups in total. The fourth-order valence-electron chi connectivity index (χ4n) is 4.98. The molecular weight excluding hydrogens is 548 g/mol. The highest BCUT2D eigenvalue weighted by atomic mass is 35.5. The smallest absolute Gasteiger partial charge is 0.326 e. The Morgan fingerprint density at radius 2 is 1.82 bits per heavy atom. The Kier molecular flexibility index (Phi) is 9.44. The molecule has 0 radical (unpaired) electrons. The summed E-state index contributed by atoms with van der Waals surface area (Å²) in [6.07, 6.45) is -0.00273. The van der Waals surface area contributed by atoms with Gasteiger partial charge in [0.25, 0.3) is 5.91 Å². The van der Waals surface area contributed by atoms with Crippen molar-refractivity contribution in [2.75, 3.05) is 23.5 Å². The second kappa shape index (κ2) is 12.6. The maximum absolute atomic E-state index is 14.1. The highest BCUT2D eigenvalue weighted by Gasteiger charge is 2.39. The number of hydrogen-bond acceptors (Lipinski definition) is 5. The Hall–Kier alpha value is -3.07. The topological polar surface area (TPSA) is 95.9 Å². The molecule has 0 spiro atoms. The first-order valence-corrected chi connectivity index (χ1v) is 15.0. The first-order valence-electron chi connectivity index (χ1n) is 13.2. The van der Waals surface area contributed by atoms with E-state index in [2.05, 4.69) is 5.32 Å². The molecule has 2 amide bonds. The van der Waals surface area contributed by atoms with Crippen molar-refractivity contribution in [3.8, 4) is 0 Å². The van der Waals surface area contributed by atoms with E-state index in [0.29, 0.717) is 23.0 Å². The van der Waals surface area contributed by atoms with Gasteiger partial charge >= 0.3 is 5.97 Å². The number of hydrogen-bond donors (Lipinski definition) is 2. The van der Waals surface area contributed by atoms with Gasteiger partial charge in [-0.25, -0.2) is 4.79 Å². The zero-order valence-electron chi connectivity index (χ0n) is 23.1. The summed E-state index contributed by atoms with van der Waals surface area (Å²) in [7, 11) is 0. The number of nitrogens with one attached hydrogen (secondary N) is 1. The van der Waals surface area contributed by atoms with Crippen LogP contribution in [0, 0.1) is 5.41 Å². The van der Waals surface area contributed by atoms with Crippen LogP contribution in [-0.2, 0) is 19.1 Å². The van der Waals surface area contributed by atoms with E-state index in [0.717, 1.165) is 21.9 Å². The number of thioether (sulfide) groups is 1. The summed E-state index contributed by atoms with van der Waals surface area (Å²) in [5.74, 6) is -1.44. The van der Waals surface area contributed by atoms with E-state index in [1.807, 2.05) is 81.6 Å². The molecule has 0 saturated heterocycles. The monoisotopic (exact) mass is 582 g/mol. The lowest BCUT2D eigenvalue weighted by Crippen LogP contribution is -2.47. The van der Waals surface area contributed by atoms with E-state index in [1.165, 1.54) is 11.8 Å². The molecule has 2 unspecified atom stereocenters. The summed E-state index contributed by atoms with van der Waals surface area (Å²) in [6.45, 7) is 6.49. The molecule has 7 nitrogen and oxygen atoms in total. The van der Waals surface area contributed by atoms with E-state index in [-0.39, 0.29) is 24.2 Å². The quantitative estimate of drug-likeness (QED) is 0.318. The van der Waals surface area contributed by atoms with Gasteiger partial charge in [0.2, 0.25) is 5.91 Å². The minimum absolute atomic E-state index is 0.259. The summed E-state index contributed by atoms with van der Waals surface area (Å²) < 4.78 is 6.58. The molecule has 0 saturated carbocycles. The molecule has 40 heavy (non-hydrogen) atoms. The van der Waals surface area contributed by atoms with Crippen LogP contribution in [0.15, 0.2) is 60.7 Å². The van der Waals surface area contributed by atoms with Crippen molar-refractivity contribution in [1.82, 2.24) is 5.32 Å². The molecule has 0 aliphatic carbocycles. The van der Waals surface area contributed by atoms with Crippen molar-refractivity contribution >= 4 is 57.6 Å². The molecule has 212 valence electrons. The second-order valence-electron chi connectivity index (χ2n) is 11.2. The maximum Gasteiger partial charge on any atom is 0.326 e.